The summed E-state index contributed by atoms with van der Waals surface area (Å²) in [4.78, 5) is 35.7. The molecular weight excluding hydrogens is 376 g/mol. The largest absolute Gasteiger partial charge is 0.493 e. The molecule has 0 atom stereocenters. The molecule has 9 heteroatoms. The van der Waals surface area contributed by atoms with Gasteiger partial charge in [0.25, 0.3) is 11.8 Å². The lowest BCUT2D eigenvalue weighted by molar-refractivity contribution is -0.125. The van der Waals surface area contributed by atoms with Crippen LogP contribution in [0.25, 0.3) is 0 Å². The normalized spacial score (nSPS) is 9.89. The molecular formula is C18H17ClN2O6. The van der Waals surface area contributed by atoms with E-state index in [1.54, 1.807) is 24.3 Å². The third kappa shape index (κ3) is 5.35. The number of benzene rings is 2. The molecule has 0 saturated carbocycles. The van der Waals surface area contributed by atoms with Crippen molar-refractivity contribution >= 4 is 29.4 Å². The van der Waals surface area contributed by atoms with Crippen molar-refractivity contribution in [1.29, 1.82) is 0 Å². The summed E-state index contributed by atoms with van der Waals surface area (Å²) >= 11 is 5.89. The van der Waals surface area contributed by atoms with Gasteiger partial charge in [0.2, 0.25) is 0 Å². The quantitative estimate of drug-likeness (QED) is 0.575. The van der Waals surface area contributed by atoms with E-state index in [4.69, 9.17) is 25.8 Å². The van der Waals surface area contributed by atoms with Crippen molar-refractivity contribution < 1.29 is 28.6 Å². The number of carbonyl (C=O) groups excluding carboxylic acids is 3. The minimum absolute atomic E-state index is 0.181. The van der Waals surface area contributed by atoms with E-state index < -0.39 is 24.4 Å². The minimum atomic E-state index is -0.733. The van der Waals surface area contributed by atoms with Crippen molar-refractivity contribution in [3.63, 3.8) is 0 Å². The number of hydrogen-bond donors (Lipinski definition) is 2. The molecule has 0 fully saturated rings. The van der Waals surface area contributed by atoms with E-state index in [9.17, 15) is 14.4 Å². The molecule has 0 spiro atoms. The summed E-state index contributed by atoms with van der Waals surface area (Å²) in [7, 11) is 2.90. The van der Waals surface area contributed by atoms with Gasteiger partial charge in [0.1, 0.15) is 0 Å². The first-order chi connectivity index (χ1) is 13.0. The number of hydrazine groups is 1. The topological polar surface area (TPSA) is 103 Å². The van der Waals surface area contributed by atoms with E-state index in [1.807, 2.05) is 0 Å². The van der Waals surface area contributed by atoms with Crippen LogP contribution in [-0.2, 0) is 9.53 Å². The Labute approximate surface area is 160 Å². The highest BCUT2D eigenvalue weighted by Gasteiger charge is 2.15. The van der Waals surface area contributed by atoms with Crippen LogP contribution >= 0.6 is 11.6 Å². The van der Waals surface area contributed by atoms with Gasteiger partial charge in [-0.2, -0.15) is 0 Å². The third-order valence-corrected chi connectivity index (χ3v) is 3.72. The molecule has 2 aromatic carbocycles. The zero-order valence-corrected chi connectivity index (χ0v) is 15.3. The van der Waals surface area contributed by atoms with Crippen molar-refractivity contribution in [2.24, 2.45) is 0 Å². The summed E-state index contributed by atoms with van der Waals surface area (Å²) in [5.41, 5.74) is 4.70. The molecule has 142 valence electrons. The maximum absolute atomic E-state index is 12.0. The van der Waals surface area contributed by atoms with Crippen molar-refractivity contribution in [1.82, 2.24) is 10.9 Å². The van der Waals surface area contributed by atoms with Crippen LogP contribution in [0.1, 0.15) is 20.7 Å². The van der Waals surface area contributed by atoms with Crippen molar-refractivity contribution in [3.05, 3.63) is 58.6 Å². The molecule has 2 rings (SSSR count). The van der Waals surface area contributed by atoms with E-state index in [2.05, 4.69) is 10.9 Å². The number of esters is 1. The van der Waals surface area contributed by atoms with Crippen molar-refractivity contribution in [2.45, 2.75) is 0 Å². The molecule has 2 amide bonds. The number of amides is 2. The molecule has 0 unspecified atom stereocenters. The van der Waals surface area contributed by atoms with Crippen LogP contribution in [0.15, 0.2) is 42.5 Å². The standard InChI is InChI=1S/C18H17ClN2O6/c1-25-14-8-7-11(9-15(14)26-2)18(24)27-10-16(22)20-21-17(23)12-5-3-4-6-13(12)19/h3-9H,10H2,1-2H3,(H,20,22)(H,21,23). The molecule has 0 heterocycles. The summed E-state index contributed by atoms with van der Waals surface area (Å²) in [6.07, 6.45) is 0. The van der Waals surface area contributed by atoms with Gasteiger partial charge in [-0.3, -0.25) is 20.4 Å². The fourth-order valence-electron chi connectivity index (χ4n) is 2.05. The molecule has 0 saturated heterocycles. The highest BCUT2D eigenvalue weighted by molar-refractivity contribution is 6.33. The van der Waals surface area contributed by atoms with Crippen LogP contribution in [0.5, 0.6) is 11.5 Å². The lowest BCUT2D eigenvalue weighted by atomic mass is 10.2. The first kappa shape index (κ1) is 20.1. The van der Waals surface area contributed by atoms with Crippen molar-refractivity contribution in [2.75, 3.05) is 20.8 Å². The predicted octanol–water partition coefficient (Wildman–Crippen LogP) is 1.98. The van der Waals surface area contributed by atoms with E-state index in [1.165, 1.54) is 32.4 Å². The SMILES string of the molecule is COc1ccc(C(=O)OCC(=O)NNC(=O)c2ccccc2Cl)cc1OC. The Hall–Kier alpha value is -3.26. The second-order valence-corrected chi connectivity index (χ2v) is 5.54. The lowest BCUT2D eigenvalue weighted by Crippen LogP contribution is -2.43. The fourth-order valence-corrected chi connectivity index (χ4v) is 2.27. The number of carbonyl (C=O) groups is 3. The van der Waals surface area contributed by atoms with Gasteiger partial charge in [-0.1, -0.05) is 23.7 Å². The molecule has 2 N–H and O–H groups in total. The second kappa shape index (κ2) is 9.44. The van der Waals surface area contributed by atoms with Gasteiger partial charge in [-0.15, -0.1) is 0 Å². The van der Waals surface area contributed by atoms with Crippen LogP contribution in [-0.4, -0.2) is 38.6 Å². The first-order valence-corrected chi connectivity index (χ1v) is 8.07. The highest BCUT2D eigenvalue weighted by Crippen LogP contribution is 2.27. The van der Waals surface area contributed by atoms with Gasteiger partial charge in [0, 0.05) is 0 Å². The third-order valence-electron chi connectivity index (χ3n) is 3.39. The number of ether oxygens (including phenoxy) is 3. The first-order valence-electron chi connectivity index (χ1n) is 7.69. The monoisotopic (exact) mass is 392 g/mol. The number of rotatable bonds is 6. The summed E-state index contributed by atoms with van der Waals surface area (Å²) in [6.45, 7) is -0.587. The van der Waals surface area contributed by atoms with Crippen LogP contribution < -0.4 is 20.3 Å². The Morgan fingerprint density at radius 1 is 0.963 bits per heavy atom. The Morgan fingerprint density at radius 2 is 1.67 bits per heavy atom. The Kier molecular flexibility index (Phi) is 7.01. The molecule has 8 nitrogen and oxygen atoms in total. The zero-order chi connectivity index (χ0) is 19.8. The van der Waals surface area contributed by atoms with E-state index in [0.717, 1.165) is 0 Å². The maximum Gasteiger partial charge on any atom is 0.338 e. The summed E-state index contributed by atoms with van der Waals surface area (Å²) < 4.78 is 15.1. The summed E-state index contributed by atoms with van der Waals surface area (Å²) in [6, 6.07) is 10.8. The maximum atomic E-state index is 12.0. The van der Waals surface area contributed by atoms with Crippen LogP contribution in [0.2, 0.25) is 5.02 Å². The molecule has 0 bridgehead atoms. The molecule has 27 heavy (non-hydrogen) atoms. The van der Waals surface area contributed by atoms with Crippen LogP contribution in [0.4, 0.5) is 0 Å². The minimum Gasteiger partial charge on any atom is -0.493 e. The fraction of sp³-hybridized carbons (Fsp3) is 0.167. The lowest BCUT2D eigenvalue weighted by Gasteiger charge is -2.10. The van der Waals surface area contributed by atoms with Gasteiger partial charge < -0.3 is 14.2 Å². The Morgan fingerprint density at radius 3 is 2.33 bits per heavy atom. The van der Waals surface area contributed by atoms with Gasteiger partial charge >= 0.3 is 5.97 Å². The van der Waals surface area contributed by atoms with Crippen LogP contribution in [0.3, 0.4) is 0 Å². The average Bonchev–Trinajstić information content (AvgIpc) is 2.69. The predicted molar refractivity (Wildman–Crippen MR) is 96.9 cm³/mol. The zero-order valence-electron chi connectivity index (χ0n) is 14.6. The van der Waals surface area contributed by atoms with E-state index in [0.29, 0.717) is 11.5 Å². The number of nitrogens with one attached hydrogen (secondary N) is 2. The van der Waals surface area contributed by atoms with E-state index in [-0.39, 0.29) is 16.1 Å². The summed E-state index contributed by atoms with van der Waals surface area (Å²) in [5, 5.41) is 0.240. The number of hydrogen-bond acceptors (Lipinski definition) is 6. The van der Waals surface area contributed by atoms with Gasteiger partial charge in [-0.05, 0) is 30.3 Å². The van der Waals surface area contributed by atoms with Crippen molar-refractivity contribution in [3.8, 4) is 11.5 Å². The Balaban J connectivity index is 1.85. The van der Waals surface area contributed by atoms with Crippen LogP contribution in [0, 0.1) is 0 Å². The average molecular weight is 393 g/mol. The van der Waals surface area contributed by atoms with E-state index >= 15 is 0 Å². The van der Waals surface area contributed by atoms with Gasteiger partial charge in [0.05, 0.1) is 30.4 Å². The second-order valence-electron chi connectivity index (χ2n) is 5.13. The number of halogens is 1. The Bertz CT molecular complexity index is 855. The molecule has 0 aromatic heterocycles. The van der Waals surface area contributed by atoms with Gasteiger partial charge in [-0.25, -0.2) is 4.79 Å². The molecule has 0 aliphatic rings. The molecule has 0 aliphatic heterocycles. The molecule has 0 aliphatic carbocycles. The van der Waals surface area contributed by atoms with Gasteiger partial charge in [0.15, 0.2) is 18.1 Å². The highest BCUT2D eigenvalue weighted by atomic mass is 35.5. The number of methoxy groups -OCH3 is 2. The smallest absolute Gasteiger partial charge is 0.338 e. The summed E-state index contributed by atoms with van der Waals surface area (Å²) in [5.74, 6) is -1.24. The molecule has 0 radical (unpaired) electrons. The molecule has 2 aromatic rings.